The lowest BCUT2D eigenvalue weighted by Crippen LogP contribution is -2.30. The van der Waals surface area contributed by atoms with Crippen LogP contribution >= 0.6 is 0 Å². The highest BCUT2D eigenvalue weighted by Crippen LogP contribution is 2.35. The Morgan fingerprint density at radius 2 is 1.64 bits per heavy atom. The summed E-state index contributed by atoms with van der Waals surface area (Å²) in [6, 6.07) is 27.2. The van der Waals surface area contributed by atoms with Crippen LogP contribution in [0.1, 0.15) is 16.7 Å². The van der Waals surface area contributed by atoms with Crippen molar-refractivity contribution in [1.29, 1.82) is 0 Å². The molecule has 1 unspecified atom stereocenters. The van der Waals surface area contributed by atoms with Crippen LogP contribution in [0.5, 0.6) is 0 Å². The molecule has 1 heterocycles. The van der Waals surface area contributed by atoms with Crippen LogP contribution in [0.2, 0.25) is 0 Å². The van der Waals surface area contributed by atoms with Crippen molar-refractivity contribution >= 4 is 17.5 Å². The van der Waals surface area contributed by atoms with Gasteiger partial charge in [-0.05, 0) is 54.5 Å². The van der Waals surface area contributed by atoms with Gasteiger partial charge in [-0.3, -0.25) is 0 Å². The van der Waals surface area contributed by atoms with E-state index < -0.39 is 0 Å². The second-order valence-corrected chi connectivity index (χ2v) is 6.21. The second kappa shape index (κ2) is 6.71. The van der Waals surface area contributed by atoms with E-state index in [4.69, 9.17) is 0 Å². The Balaban J connectivity index is 1.79. The monoisotopic (exact) mass is 321 g/mol. The van der Waals surface area contributed by atoms with Gasteiger partial charge < -0.3 is 4.90 Å². The highest BCUT2D eigenvalue weighted by Gasteiger charge is 2.22. The summed E-state index contributed by atoms with van der Waals surface area (Å²) in [6.45, 7) is 2.12. The van der Waals surface area contributed by atoms with E-state index in [1.165, 1.54) is 22.5 Å². The van der Waals surface area contributed by atoms with Crippen LogP contribution in [0.25, 0.3) is 6.08 Å². The van der Waals surface area contributed by atoms with Gasteiger partial charge in [0.05, 0.1) is 0 Å². The Bertz CT molecular complexity index is 973. The minimum absolute atomic E-state index is 0.0110. The number of para-hydroxylation sites is 1. The highest BCUT2D eigenvalue weighted by molar-refractivity contribution is 5.80. The zero-order valence-corrected chi connectivity index (χ0v) is 14.2. The van der Waals surface area contributed by atoms with E-state index in [-0.39, 0.29) is 6.04 Å². The van der Waals surface area contributed by atoms with Gasteiger partial charge in [0, 0.05) is 16.9 Å². The van der Waals surface area contributed by atoms with E-state index in [0.717, 1.165) is 5.56 Å². The van der Waals surface area contributed by atoms with Gasteiger partial charge in [0.1, 0.15) is 6.04 Å². The Hall–Kier alpha value is -3.24. The van der Waals surface area contributed by atoms with Crippen LogP contribution in [-0.4, -0.2) is 6.04 Å². The Labute approximate surface area is 149 Å². The van der Waals surface area contributed by atoms with E-state index in [1.807, 2.05) is 30.3 Å². The molecule has 25 heavy (non-hydrogen) atoms. The van der Waals surface area contributed by atoms with Gasteiger partial charge in [0.25, 0.3) is 0 Å². The average Bonchev–Trinajstić information content (AvgIpc) is 2.66. The maximum absolute atomic E-state index is 3.44. The van der Waals surface area contributed by atoms with Crippen LogP contribution in [0.15, 0.2) is 84.9 Å². The summed E-state index contributed by atoms with van der Waals surface area (Å²) >= 11 is 0. The molecule has 1 aliphatic rings. The molecule has 0 saturated carbocycles. The molecule has 0 radical (unpaired) electrons. The summed E-state index contributed by atoms with van der Waals surface area (Å²) in [5, 5.41) is 0. The van der Waals surface area contributed by atoms with Crippen molar-refractivity contribution in [2.75, 3.05) is 4.90 Å². The molecule has 3 aromatic rings. The van der Waals surface area contributed by atoms with Crippen molar-refractivity contribution in [1.82, 2.24) is 0 Å². The van der Waals surface area contributed by atoms with Gasteiger partial charge in [-0.2, -0.15) is 0 Å². The standard InChI is InChI=1S/C24H19N/c1-19-8-7-12-23(18-19)25-22(16-14-20-9-3-2-4-10-20)17-15-21-11-5-6-13-24(21)25/h2-13,15,17-18,22H,1H3. The van der Waals surface area contributed by atoms with Crippen LogP contribution in [0.4, 0.5) is 11.4 Å². The summed E-state index contributed by atoms with van der Waals surface area (Å²) in [7, 11) is 0. The fraction of sp³-hybridized carbons (Fsp3) is 0.0833. The molecule has 0 saturated heterocycles. The van der Waals surface area contributed by atoms with Gasteiger partial charge in [-0.25, -0.2) is 0 Å². The van der Waals surface area contributed by atoms with E-state index in [0.29, 0.717) is 0 Å². The zero-order chi connectivity index (χ0) is 17.1. The first-order chi connectivity index (χ1) is 12.3. The van der Waals surface area contributed by atoms with Crippen molar-refractivity contribution in [3.05, 3.63) is 102 Å². The minimum Gasteiger partial charge on any atom is -0.323 e. The molecule has 1 atom stereocenters. The van der Waals surface area contributed by atoms with E-state index in [9.17, 15) is 0 Å². The van der Waals surface area contributed by atoms with Crippen molar-refractivity contribution in [3.8, 4) is 11.8 Å². The zero-order valence-electron chi connectivity index (χ0n) is 14.2. The maximum atomic E-state index is 3.44. The van der Waals surface area contributed by atoms with Crippen molar-refractivity contribution in [3.63, 3.8) is 0 Å². The lowest BCUT2D eigenvalue weighted by atomic mass is 10.0. The average molecular weight is 321 g/mol. The molecule has 3 aromatic carbocycles. The molecule has 4 rings (SSSR count). The van der Waals surface area contributed by atoms with Crippen LogP contribution in [0.3, 0.4) is 0 Å². The van der Waals surface area contributed by atoms with Crippen LogP contribution in [-0.2, 0) is 0 Å². The molecular weight excluding hydrogens is 302 g/mol. The third-order valence-electron chi connectivity index (χ3n) is 4.35. The minimum atomic E-state index is 0.0110. The summed E-state index contributed by atoms with van der Waals surface area (Å²) in [6.07, 6.45) is 4.35. The quantitative estimate of drug-likeness (QED) is 0.529. The van der Waals surface area contributed by atoms with Gasteiger partial charge in [0.2, 0.25) is 0 Å². The molecule has 0 aliphatic carbocycles. The molecule has 1 aliphatic heterocycles. The van der Waals surface area contributed by atoms with Crippen molar-refractivity contribution in [2.45, 2.75) is 13.0 Å². The normalized spacial score (nSPS) is 15.2. The predicted molar refractivity (Wildman–Crippen MR) is 106 cm³/mol. The molecule has 0 aromatic heterocycles. The maximum Gasteiger partial charge on any atom is 0.114 e. The molecule has 0 N–H and O–H groups in total. The van der Waals surface area contributed by atoms with Crippen molar-refractivity contribution < 1.29 is 0 Å². The summed E-state index contributed by atoms with van der Waals surface area (Å²) in [4.78, 5) is 2.32. The first-order valence-corrected chi connectivity index (χ1v) is 8.51. The van der Waals surface area contributed by atoms with E-state index in [2.05, 4.69) is 84.3 Å². The Morgan fingerprint density at radius 3 is 2.48 bits per heavy atom. The predicted octanol–water partition coefficient (Wildman–Crippen LogP) is 5.58. The van der Waals surface area contributed by atoms with Gasteiger partial charge in [0.15, 0.2) is 0 Å². The number of nitrogens with zero attached hydrogens (tertiary/aromatic N) is 1. The third kappa shape index (κ3) is 3.20. The number of benzene rings is 3. The van der Waals surface area contributed by atoms with Gasteiger partial charge in [-0.1, -0.05) is 66.4 Å². The molecule has 120 valence electrons. The number of fused-ring (bicyclic) bond motifs is 1. The van der Waals surface area contributed by atoms with Crippen molar-refractivity contribution in [2.24, 2.45) is 0 Å². The topological polar surface area (TPSA) is 3.24 Å². The fourth-order valence-electron chi connectivity index (χ4n) is 3.15. The highest BCUT2D eigenvalue weighted by atomic mass is 15.2. The lowest BCUT2D eigenvalue weighted by Gasteiger charge is -2.33. The molecule has 0 amide bonds. The SMILES string of the molecule is Cc1cccc(N2c3ccccc3C=CC2C#Cc2ccccc2)c1. The molecule has 0 fully saturated rings. The number of anilines is 2. The molecule has 1 heteroatoms. The Kier molecular flexibility index (Phi) is 4.11. The first kappa shape index (κ1) is 15.3. The Morgan fingerprint density at radius 1 is 0.840 bits per heavy atom. The van der Waals surface area contributed by atoms with Crippen LogP contribution < -0.4 is 4.90 Å². The third-order valence-corrected chi connectivity index (χ3v) is 4.35. The molecular formula is C24H19N. The van der Waals surface area contributed by atoms with E-state index >= 15 is 0 Å². The first-order valence-electron chi connectivity index (χ1n) is 8.51. The van der Waals surface area contributed by atoms with Crippen LogP contribution in [0, 0.1) is 18.8 Å². The number of hydrogen-bond acceptors (Lipinski definition) is 1. The molecule has 0 spiro atoms. The van der Waals surface area contributed by atoms with Gasteiger partial charge in [-0.15, -0.1) is 0 Å². The second-order valence-electron chi connectivity index (χ2n) is 6.21. The largest absolute Gasteiger partial charge is 0.323 e. The molecule has 0 bridgehead atoms. The smallest absolute Gasteiger partial charge is 0.114 e. The molecule has 1 nitrogen and oxygen atoms in total. The number of rotatable bonds is 1. The summed E-state index contributed by atoms with van der Waals surface area (Å²) in [5.41, 5.74) is 5.88. The number of hydrogen-bond donors (Lipinski definition) is 0. The summed E-state index contributed by atoms with van der Waals surface area (Å²) < 4.78 is 0. The van der Waals surface area contributed by atoms with Gasteiger partial charge >= 0.3 is 0 Å². The lowest BCUT2D eigenvalue weighted by molar-refractivity contribution is 0.959. The summed E-state index contributed by atoms with van der Waals surface area (Å²) in [5.74, 6) is 6.75. The fourth-order valence-corrected chi connectivity index (χ4v) is 3.15. The number of aryl methyl sites for hydroxylation is 1. The van der Waals surface area contributed by atoms with E-state index in [1.54, 1.807) is 0 Å².